The number of hydrogen-bond donors (Lipinski definition) is 2. The summed E-state index contributed by atoms with van der Waals surface area (Å²) in [5.74, 6) is 0.977. The van der Waals surface area contributed by atoms with Gasteiger partial charge in [-0.3, -0.25) is 4.90 Å². The molecule has 0 heterocycles. The first-order valence-corrected chi connectivity index (χ1v) is 8.36. The maximum atomic E-state index is 10.0. The number of aromatic hydroxyl groups is 1. The highest BCUT2D eigenvalue weighted by molar-refractivity contribution is 9.10. The molecule has 1 aliphatic carbocycles. The molecule has 1 aromatic rings. The monoisotopic (exact) mass is 340 g/mol. The smallest absolute Gasteiger partial charge is 0.120 e. The molecular weight excluding hydrogens is 316 g/mol. The lowest BCUT2D eigenvalue weighted by Crippen LogP contribution is -2.44. The number of nitrogens with zero attached hydrogens (tertiary/aromatic N) is 1. The third-order valence-corrected chi connectivity index (χ3v) is 4.96. The zero-order chi connectivity index (χ0) is 14.5. The summed E-state index contributed by atoms with van der Waals surface area (Å²) in [6.07, 6.45) is 5.06. The van der Waals surface area contributed by atoms with Crippen LogP contribution in [0.3, 0.4) is 0 Å². The Morgan fingerprint density at radius 3 is 2.80 bits per heavy atom. The summed E-state index contributed by atoms with van der Waals surface area (Å²) in [5, 5.41) is 10.0. The minimum Gasteiger partial charge on any atom is -0.508 e. The lowest BCUT2D eigenvalue weighted by molar-refractivity contribution is 0.105. The van der Waals surface area contributed by atoms with Crippen molar-refractivity contribution < 1.29 is 5.11 Å². The summed E-state index contributed by atoms with van der Waals surface area (Å²) in [6, 6.07) is 6.20. The van der Waals surface area contributed by atoms with Gasteiger partial charge in [-0.2, -0.15) is 0 Å². The molecule has 1 saturated carbocycles. The Labute approximate surface area is 130 Å². The molecule has 2 atom stereocenters. The van der Waals surface area contributed by atoms with Crippen molar-refractivity contribution in [3.05, 3.63) is 28.2 Å². The lowest BCUT2D eigenvalue weighted by Gasteiger charge is -2.39. The SMILES string of the molecule is CCN(Cc1cc(Br)ccc1O)C1CCCCC1CN. The highest BCUT2D eigenvalue weighted by atomic mass is 79.9. The predicted octanol–water partition coefficient (Wildman–Crippen LogP) is 3.49. The number of rotatable bonds is 5. The highest BCUT2D eigenvalue weighted by Gasteiger charge is 2.28. The summed E-state index contributed by atoms with van der Waals surface area (Å²) in [6.45, 7) is 4.75. The Kier molecular flexibility index (Phi) is 5.87. The predicted molar refractivity (Wildman–Crippen MR) is 86.7 cm³/mol. The van der Waals surface area contributed by atoms with Crippen molar-refractivity contribution in [2.45, 2.75) is 45.2 Å². The second-order valence-corrected chi connectivity index (χ2v) is 6.60. The summed E-state index contributed by atoms with van der Waals surface area (Å²) in [5.41, 5.74) is 6.94. The van der Waals surface area contributed by atoms with Gasteiger partial charge in [-0.25, -0.2) is 0 Å². The summed E-state index contributed by atoms with van der Waals surface area (Å²) < 4.78 is 1.01. The average molecular weight is 341 g/mol. The second kappa shape index (κ2) is 7.43. The van der Waals surface area contributed by atoms with Crippen molar-refractivity contribution in [3.63, 3.8) is 0 Å². The third kappa shape index (κ3) is 3.74. The molecule has 2 rings (SSSR count). The quantitative estimate of drug-likeness (QED) is 0.862. The fourth-order valence-corrected chi connectivity index (χ4v) is 3.72. The van der Waals surface area contributed by atoms with Crippen molar-refractivity contribution >= 4 is 15.9 Å². The van der Waals surface area contributed by atoms with Crippen LogP contribution in [0.5, 0.6) is 5.75 Å². The van der Waals surface area contributed by atoms with E-state index in [0.29, 0.717) is 17.7 Å². The van der Waals surface area contributed by atoms with Crippen LogP contribution in [0.1, 0.15) is 38.2 Å². The molecular formula is C16H25BrN2O. The van der Waals surface area contributed by atoms with Crippen LogP contribution in [0.4, 0.5) is 0 Å². The first-order valence-electron chi connectivity index (χ1n) is 7.57. The van der Waals surface area contributed by atoms with Crippen molar-refractivity contribution in [3.8, 4) is 5.75 Å². The van der Waals surface area contributed by atoms with Crippen molar-refractivity contribution in [1.29, 1.82) is 0 Å². The fourth-order valence-electron chi connectivity index (χ4n) is 3.31. The number of halogens is 1. The Morgan fingerprint density at radius 1 is 1.35 bits per heavy atom. The van der Waals surface area contributed by atoms with Gasteiger partial charge in [0.05, 0.1) is 0 Å². The number of phenols is 1. The highest BCUT2D eigenvalue weighted by Crippen LogP contribution is 2.30. The molecule has 2 unspecified atom stereocenters. The van der Waals surface area contributed by atoms with Gasteiger partial charge >= 0.3 is 0 Å². The largest absolute Gasteiger partial charge is 0.508 e. The van der Waals surface area contributed by atoms with E-state index in [-0.39, 0.29) is 0 Å². The van der Waals surface area contributed by atoms with Gasteiger partial charge < -0.3 is 10.8 Å². The van der Waals surface area contributed by atoms with Gasteiger partial charge in [0.15, 0.2) is 0 Å². The van der Waals surface area contributed by atoms with Crippen LogP contribution in [0.15, 0.2) is 22.7 Å². The van der Waals surface area contributed by atoms with Gasteiger partial charge in [-0.15, -0.1) is 0 Å². The number of phenolic OH excluding ortho intramolecular Hbond substituents is 1. The standard InChI is InChI=1S/C16H25BrN2O/c1-2-19(15-6-4-3-5-12(15)10-18)11-13-9-14(17)7-8-16(13)20/h7-9,12,15,20H,2-6,10-11,18H2,1H3. The Morgan fingerprint density at radius 2 is 2.10 bits per heavy atom. The first kappa shape index (κ1) is 15.8. The van der Waals surface area contributed by atoms with Crippen LogP contribution in [-0.4, -0.2) is 29.1 Å². The van der Waals surface area contributed by atoms with Gasteiger partial charge in [-0.1, -0.05) is 35.7 Å². The molecule has 0 radical (unpaired) electrons. The van der Waals surface area contributed by atoms with E-state index in [4.69, 9.17) is 5.73 Å². The van der Waals surface area contributed by atoms with E-state index in [1.807, 2.05) is 12.1 Å². The van der Waals surface area contributed by atoms with E-state index in [9.17, 15) is 5.11 Å². The van der Waals surface area contributed by atoms with Crippen LogP contribution < -0.4 is 5.73 Å². The van der Waals surface area contributed by atoms with Gasteiger partial charge in [0.1, 0.15) is 5.75 Å². The van der Waals surface area contributed by atoms with Gasteiger partial charge in [0.2, 0.25) is 0 Å². The fraction of sp³-hybridized carbons (Fsp3) is 0.625. The van der Waals surface area contributed by atoms with Crippen LogP contribution >= 0.6 is 15.9 Å². The zero-order valence-electron chi connectivity index (χ0n) is 12.2. The van der Waals surface area contributed by atoms with E-state index in [1.165, 1.54) is 25.7 Å². The molecule has 0 bridgehead atoms. The molecule has 1 aromatic carbocycles. The normalized spacial score (nSPS) is 23.2. The van der Waals surface area contributed by atoms with Gasteiger partial charge in [0, 0.05) is 22.6 Å². The van der Waals surface area contributed by atoms with Crippen molar-refractivity contribution in [1.82, 2.24) is 4.90 Å². The molecule has 0 aromatic heterocycles. The second-order valence-electron chi connectivity index (χ2n) is 5.68. The number of hydrogen-bond acceptors (Lipinski definition) is 3. The Bertz CT molecular complexity index is 438. The van der Waals surface area contributed by atoms with Crippen molar-refractivity contribution in [2.24, 2.45) is 11.7 Å². The Hall–Kier alpha value is -0.580. The van der Waals surface area contributed by atoms with E-state index in [2.05, 4.69) is 27.8 Å². The van der Waals surface area contributed by atoms with Crippen LogP contribution in [-0.2, 0) is 6.54 Å². The van der Waals surface area contributed by atoms with Crippen molar-refractivity contribution in [2.75, 3.05) is 13.1 Å². The molecule has 112 valence electrons. The summed E-state index contributed by atoms with van der Waals surface area (Å²) in [4.78, 5) is 2.47. The molecule has 1 aliphatic rings. The maximum Gasteiger partial charge on any atom is 0.120 e. The zero-order valence-corrected chi connectivity index (χ0v) is 13.8. The molecule has 3 nitrogen and oxygen atoms in total. The first-order chi connectivity index (χ1) is 9.65. The molecule has 3 N–H and O–H groups in total. The third-order valence-electron chi connectivity index (χ3n) is 4.46. The van der Waals surface area contributed by atoms with Crippen LogP contribution in [0.2, 0.25) is 0 Å². The van der Waals surface area contributed by atoms with Gasteiger partial charge in [-0.05, 0) is 50.0 Å². The van der Waals surface area contributed by atoms with E-state index in [1.54, 1.807) is 6.07 Å². The number of nitrogens with two attached hydrogens (primary N) is 1. The van der Waals surface area contributed by atoms with E-state index in [0.717, 1.165) is 29.7 Å². The van der Waals surface area contributed by atoms with Gasteiger partial charge in [0.25, 0.3) is 0 Å². The topological polar surface area (TPSA) is 49.5 Å². The van der Waals surface area contributed by atoms with E-state index >= 15 is 0 Å². The lowest BCUT2D eigenvalue weighted by atomic mass is 9.83. The molecule has 0 saturated heterocycles. The molecule has 1 fully saturated rings. The maximum absolute atomic E-state index is 10.0. The molecule has 4 heteroatoms. The van der Waals surface area contributed by atoms with E-state index < -0.39 is 0 Å². The summed E-state index contributed by atoms with van der Waals surface area (Å²) in [7, 11) is 0. The molecule has 0 amide bonds. The summed E-state index contributed by atoms with van der Waals surface area (Å²) >= 11 is 3.48. The number of benzene rings is 1. The Balaban J connectivity index is 2.13. The molecule has 0 spiro atoms. The minimum absolute atomic E-state index is 0.381. The minimum atomic E-state index is 0.381. The molecule has 20 heavy (non-hydrogen) atoms. The van der Waals surface area contributed by atoms with Crippen LogP contribution in [0.25, 0.3) is 0 Å². The average Bonchev–Trinajstić information content (AvgIpc) is 2.48. The van der Waals surface area contributed by atoms with Crippen LogP contribution in [0, 0.1) is 5.92 Å². The molecule has 0 aliphatic heterocycles.